The molecule has 15 nitrogen and oxygen atoms in total. The smallest absolute Gasteiger partial charge is 0.320 e. The standard InChI is InChI=1S/C35H40FN11O4/c1-22-29(24-18-26-30(41-44(3)33(26)38-20-24)34(48)45-14-12-43(2)13-15-45)42-47(25-8-6-5-7-9-25)32(22)40-35(49)39-27-21-46(16-17-50-4)51-31(27)23-10-11-37-28(36)19-23/h5-11,18-20,27,31H,12-17,21H2,1-4H3,(H2,39,40,49)/t27-,31+/m1/s1. The fraction of sp³-hybridized carbons (Fsp3) is 0.371. The van der Waals surface area contributed by atoms with Gasteiger partial charge < -0.3 is 19.9 Å². The van der Waals surface area contributed by atoms with Gasteiger partial charge in [0, 0.05) is 76.9 Å². The van der Waals surface area contributed by atoms with Gasteiger partial charge in [-0.2, -0.15) is 19.7 Å². The summed E-state index contributed by atoms with van der Waals surface area (Å²) >= 11 is 0. The monoisotopic (exact) mass is 697 g/mol. The number of amides is 3. The van der Waals surface area contributed by atoms with Crippen molar-refractivity contribution in [2.24, 2.45) is 7.05 Å². The molecule has 1 aromatic carbocycles. The van der Waals surface area contributed by atoms with Crippen LogP contribution in [0.3, 0.4) is 0 Å². The number of pyridine rings is 2. The molecule has 2 aliphatic heterocycles. The molecule has 266 valence electrons. The Hall–Kier alpha value is -5.29. The van der Waals surface area contributed by atoms with Crippen molar-refractivity contribution in [3.05, 3.63) is 83.7 Å². The minimum atomic E-state index is -0.652. The first-order chi connectivity index (χ1) is 24.7. The van der Waals surface area contributed by atoms with E-state index in [4.69, 9.17) is 14.7 Å². The molecule has 0 unspecified atom stereocenters. The summed E-state index contributed by atoms with van der Waals surface area (Å²) in [4.78, 5) is 45.9. The summed E-state index contributed by atoms with van der Waals surface area (Å²) in [7, 11) is 5.41. The van der Waals surface area contributed by atoms with Crippen LogP contribution in [-0.4, -0.2) is 122 Å². The average Bonchev–Trinajstić information content (AvgIpc) is 3.80. The quantitative estimate of drug-likeness (QED) is 0.220. The lowest BCUT2D eigenvalue weighted by Gasteiger charge is -2.31. The number of rotatable bonds is 9. The second-order valence-corrected chi connectivity index (χ2v) is 12.8. The molecule has 2 N–H and O–H groups in total. The minimum Gasteiger partial charge on any atom is -0.383 e. The number of aryl methyl sites for hydroxylation is 1. The predicted molar refractivity (Wildman–Crippen MR) is 187 cm³/mol. The van der Waals surface area contributed by atoms with Crippen molar-refractivity contribution >= 4 is 28.8 Å². The molecule has 16 heteroatoms. The van der Waals surface area contributed by atoms with Gasteiger partial charge in [0.2, 0.25) is 5.95 Å². The molecule has 2 fully saturated rings. The first-order valence-corrected chi connectivity index (χ1v) is 16.8. The van der Waals surface area contributed by atoms with Gasteiger partial charge in [-0.25, -0.2) is 24.1 Å². The highest BCUT2D eigenvalue weighted by atomic mass is 19.1. The number of benzene rings is 1. The number of hydrogen-bond acceptors (Lipinski definition) is 10. The maximum absolute atomic E-state index is 14.1. The largest absolute Gasteiger partial charge is 0.383 e. The SMILES string of the molecule is COCCN1C[C@@H](NC(=O)Nc2c(C)c(-c3cnc4c(c3)c(C(=O)N3CCN(C)CC3)nn4C)nn2-c2ccccc2)[C@H](c2ccnc(F)c2)O1. The van der Waals surface area contributed by atoms with Crippen LogP contribution in [0.2, 0.25) is 0 Å². The summed E-state index contributed by atoms with van der Waals surface area (Å²) in [6.07, 6.45) is 2.42. The first kappa shape index (κ1) is 34.2. The molecule has 3 amide bonds. The van der Waals surface area contributed by atoms with Crippen LogP contribution in [0.4, 0.5) is 15.0 Å². The van der Waals surface area contributed by atoms with Crippen molar-refractivity contribution in [1.29, 1.82) is 0 Å². The molecule has 0 bridgehead atoms. The Bertz CT molecular complexity index is 2040. The lowest BCUT2D eigenvalue weighted by Crippen LogP contribution is -2.47. The van der Waals surface area contributed by atoms with Gasteiger partial charge >= 0.3 is 6.03 Å². The van der Waals surface area contributed by atoms with Crippen molar-refractivity contribution in [2.45, 2.75) is 19.1 Å². The van der Waals surface area contributed by atoms with Gasteiger partial charge in [0.15, 0.2) is 11.3 Å². The van der Waals surface area contributed by atoms with E-state index in [1.165, 1.54) is 12.3 Å². The van der Waals surface area contributed by atoms with Crippen molar-refractivity contribution in [3.8, 4) is 16.9 Å². The lowest BCUT2D eigenvalue weighted by molar-refractivity contribution is -0.154. The Kier molecular flexibility index (Phi) is 9.73. The number of methoxy groups -OCH3 is 1. The van der Waals surface area contributed by atoms with Gasteiger partial charge in [-0.3, -0.25) is 14.9 Å². The average molecular weight is 698 g/mol. The number of likely N-dealkylation sites (N-methyl/N-ethyl adjacent to an activating group) is 1. The van der Waals surface area contributed by atoms with Gasteiger partial charge in [-0.05, 0) is 49.9 Å². The third kappa shape index (κ3) is 7.03. The van der Waals surface area contributed by atoms with E-state index in [-0.39, 0.29) is 5.91 Å². The third-order valence-electron chi connectivity index (χ3n) is 9.27. The van der Waals surface area contributed by atoms with Crippen LogP contribution in [0, 0.1) is 12.9 Å². The first-order valence-electron chi connectivity index (χ1n) is 16.8. The van der Waals surface area contributed by atoms with Crippen molar-refractivity contribution in [1.82, 2.24) is 49.7 Å². The van der Waals surface area contributed by atoms with Gasteiger partial charge in [-0.15, -0.1) is 0 Å². The number of urea groups is 1. The van der Waals surface area contributed by atoms with E-state index in [9.17, 15) is 14.0 Å². The van der Waals surface area contributed by atoms with Gasteiger partial charge in [0.05, 0.1) is 29.4 Å². The maximum atomic E-state index is 14.1. The number of aromatic nitrogens is 6. The fourth-order valence-electron chi connectivity index (χ4n) is 6.51. The molecular formula is C35H40FN11O4. The van der Waals surface area contributed by atoms with Crippen LogP contribution in [0.1, 0.15) is 27.7 Å². The molecule has 51 heavy (non-hydrogen) atoms. The molecule has 0 radical (unpaired) electrons. The number of carbonyl (C=O) groups excluding carboxylic acids is 2. The van der Waals surface area contributed by atoms with Crippen LogP contribution >= 0.6 is 0 Å². The minimum absolute atomic E-state index is 0.136. The predicted octanol–water partition coefficient (Wildman–Crippen LogP) is 3.18. The summed E-state index contributed by atoms with van der Waals surface area (Å²) in [6.45, 7) is 5.92. The summed E-state index contributed by atoms with van der Waals surface area (Å²) in [6, 6.07) is 13.3. The van der Waals surface area contributed by atoms with E-state index in [0.717, 1.165) is 18.8 Å². The number of piperazine rings is 1. The van der Waals surface area contributed by atoms with Gasteiger partial charge in [-0.1, -0.05) is 18.2 Å². The van der Waals surface area contributed by atoms with E-state index in [1.807, 2.05) is 55.3 Å². The molecule has 5 aromatic rings. The van der Waals surface area contributed by atoms with Crippen molar-refractivity contribution in [3.63, 3.8) is 0 Å². The topological polar surface area (TPSA) is 148 Å². The molecular weight excluding hydrogens is 657 g/mol. The van der Waals surface area contributed by atoms with E-state index in [1.54, 1.807) is 40.8 Å². The molecule has 0 spiro atoms. The van der Waals surface area contributed by atoms with Gasteiger partial charge in [0.1, 0.15) is 11.9 Å². The van der Waals surface area contributed by atoms with Crippen LogP contribution < -0.4 is 10.6 Å². The third-order valence-corrected chi connectivity index (χ3v) is 9.27. The number of carbonyl (C=O) groups is 2. The number of ether oxygens (including phenoxy) is 1. The van der Waals surface area contributed by atoms with E-state index in [0.29, 0.717) is 77.7 Å². The van der Waals surface area contributed by atoms with Gasteiger partial charge in [0.25, 0.3) is 5.91 Å². The van der Waals surface area contributed by atoms with Crippen LogP contribution in [-0.2, 0) is 16.6 Å². The Morgan fingerprint density at radius 2 is 1.82 bits per heavy atom. The number of hydrogen-bond donors (Lipinski definition) is 2. The Balaban J connectivity index is 1.20. The molecule has 0 aliphatic carbocycles. The molecule has 7 rings (SSSR count). The Morgan fingerprint density at radius 1 is 1.04 bits per heavy atom. The number of nitrogens with one attached hydrogen (secondary N) is 2. The maximum Gasteiger partial charge on any atom is 0.320 e. The highest BCUT2D eigenvalue weighted by molar-refractivity contribution is 6.05. The zero-order valence-corrected chi connectivity index (χ0v) is 28.9. The highest BCUT2D eigenvalue weighted by Gasteiger charge is 2.37. The second-order valence-electron chi connectivity index (χ2n) is 12.8. The normalized spacial score (nSPS) is 18.4. The van der Waals surface area contributed by atoms with Crippen LogP contribution in [0.25, 0.3) is 28.0 Å². The number of para-hydroxylation sites is 1. The molecule has 2 aliphatic rings. The van der Waals surface area contributed by atoms with Crippen LogP contribution in [0.5, 0.6) is 0 Å². The molecule has 6 heterocycles. The van der Waals surface area contributed by atoms with E-state index in [2.05, 4.69) is 30.6 Å². The number of anilines is 1. The second kappa shape index (κ2) is 14.5. The zero-order valence-electron chi connectivity index (χ0n) is 28.9. The molecule has 2 atom stereocenters. The number of halogens is 1. The molecule has 2 saturated heterocycles. The number of nitrogens with zero attached hydrogens (tertiary/aromatic N) is 9. The number of hydroxylamine groups is 2. The Morgan fingerprint density at radius 3 is 2.57 bits per heavy atom. The zero-order chi connectivity index (χ0) is 35.6. The van der Waals surface area contributed by atoms with E-state index >= 15 is 0 Å². The van der Waals surface area contributed by atoms with Crippen molar-refractivity contribution < 1.29 is 23.6 Å². The van der Waals surface area contributed by atoms with E-state index < -0.39 is 24.1 Å². The van der Waals surface area contributed by atoms with Crippen molar-refractivity contribution in [2.75, 3.05) is 65.3 Å². The molecule has 0 saturated carbocycles. The fourth-order valence-corrected chi connectivity index (χ4v) is 6.51. The van der Waals surface area contributed by atoms with Crippen LogP contribution in [0.15, 0.2) is 60.9 Å². The number of fused-ring (bicyclic) bond motifs is 1. The summed E-state index contributed by atoms with van der Waals surface area (Å²) in [5.41, 5.74) is 4.11. The lowest BCUT2D eigenvalue weighted by atomic mass is 10.0. The Labute approximate surface area is 293 Å². The summed E-state index contributed by atoms with van der Waals surface area (Å²) < 4.78 is 22.6. The highest BCUT2D eigenvalue weighted by Crippen LogP contribution is 2.33. The molecule has 4 aromatic heterocycles. The summed E-state index contributed by atoms with van der Waals surface area (Å²) in [5, 5.41) is 17.9. The summed E-state index contributed by atoms with van der Waals surface area (Å²) in [5.74, 6) is -0.336.